The van der Waals surface area contributed by atoms with Crippen molar-refractivity contribution in [3.05, 3.63) is 48.2 Å². The first-order valence-corrected chi connectivity index (χ1v) is 13.0. The van der Waals surface area contributed by atoms with Crippen molar-refractivity contribution in [2.24, 2.45) is 4.99 Å². The molecule has 36 heavy (non-hydrogen) atoms. The van der Waals surface area contributed by atoms with Crippen LogP contribution in [0.3, 0.4) is 0 Å². The lowest BCUT2D eigenvalue weighted by Gasteiger charge is -2.32. The van der Waals surface area contributed by atoms with E-state index in [1.165, 1.54) is 11.0 Å². The van der Waals surface area contributed by atoms with Crippen molar-refractivity contribution >= 4 is 40.7 Å². The second-order valence-electron chi connectivity index (χ2n) is 12.2. The second-order valence-corrected chi connectivity index (χ2v) is 12.2. The number of benzene rings is 2. The zero-order valence-electron chi connectivity index (χ0n) is 22.6. The molecule has 0 spiro atoms. The number of hydrogen-bond donors (Lipinski definition) is 0. The van der Waals surface area contributed by atoms with Gasteiger partial charge in [0.05, 0.1) is 17.2 Å². The van der Waals surface area contributed by atoms with E-state index in [0.717, 1.165) is 47.9 Å². The first-order chi connectivity index (χ1) is 16.8. The third-order valence-corrected chi connectivity index (χ3v) is 7.78. The predicted molar refractivity (Wildman–Crippen MR) is 146 cm³/mol. The number of fused-ring (bicyclic) bond motifs is 1. The summed E-state index contributed by atoms with van der Waals surface area (Å²) >= 11 is 0. The highest BCUT2D eigenvalue weighted by Crippen LogP contribution is 2.37. The number of rotatable bonds is 3. The van der Waals surface area contributed by atoms with Gasteiger partial charge >= 0.3 is 13.2 Å². The molecule has 3 aliphatic heterocycles. The lowest BCUT2D eigenvalue weighted by molar-refractivity contribution is 0.00578. The second kappa shape index (κ2) is 8.74. The van der Waals surface area contributed by atoms with Crippen LogP contribution in [0.1, 0.15) is 73.3 Å². The number of carbonyl (C=O) groups is 1. The third kappa shape index (κ3) is 4.71. The maximum Gasteiger partial charge on any atom is 0.494 e. The van der Waals surface area contributed by atoms with Gasteiger partial charge in [-0.2, -0.15) is 0 Å². The molecule has 2 fully saturated rings. The summed E-state index contributed by atoms with van der Waals surface area (Å²) in [5, 5.41) is 2.32. The average molecular weight is 488 g/mol. The van der Waals surface area contributed by atoms with Crippen LogP contribution >= 0.6 is 0 Å². The molecule has 2 aromatic rings. The fraction of sp³-hybridized carbons (Fsp3) is 0.517. The van der Waals surface area contributed by atoms with Gasteiger partial charge in [0, 0.05) is 24.9 Å². The quantitative estimate of drug-likeness (QED) is 0.519. The monoisotopic (exact) mass is 488 g/mol. The zero-order valence-corrected chi connectivity index (χ0v) is 22.6. The van der Waals surface area contributed by atoms with Gasteiger partial charge in [0.1, 0.15) is 5.60 Å². The summed E-state index contributed by atoms with van der Waals surface area (Å²) in [7, 11) is -0.369. The van der Waals surface area contributed by atoms with E-state index < -0.39 is 5.60 Å². The third-order valence-electron chi connectivity index (χ3n) is 7.78. The largest absolute Gasteiger partial charge is 0.494 e. The number of nitrogens with zero attached hydrogens (tertiary/aromatic N) is 2. The first-order valence-electron chi connectivity index (χ1n) is 13.0. The number of likely N-dealkylation sites (tertiary alicyclic amines) is 1. The highest BCUT2D eigenvalue weighted by molar-refractivity contribution is 6.62. The molecule has 0 N–H and O–H groups in total. The minimum absolute atomic E-state index is 0.0107. The van der Waals surface area contributed by atoms with Crippen LogP contribution in [-0.4, -0.2) is 53.2 Å². The van der Waals surface area contributed by atoms with Crippen LogP contribution < -0.4 is 5.46 Å². The molecule has 0 unspecified atom stereocenters. The van der Waals surface area contributed by atoms with E-state index in [1.54, 1.807) is 0 Å². The topological polar surface area (TPSA) is 60.4 Å². The molecule has 2 aromatic carbocycles. The molecule has 1 atom stereocenters. The highest BCUT2D eigenvalue weighted by atomic mass is 16.7. The van der Waals surface area contributed by atoms with E-state index in [9.17, 15) is 4.79 Å². The van der Waals surface area contributed by atoms with E-state index in [0.29, 0.717) is 0 Å². The van der Waals surface area contributed by atoms with Crippen LogP contribution in [0.4, 0.5) is 4.79 Å². The Morgan fingerprint density at radius 2 is 1.72 bits per heavy atom. The van der Waals surface area contributed by atoms with Crippen molar-refractivity contribution in [1.82, 2.24) is 4.90 Å². The van der Waals surface area contributed by atoms with Gasteiger partial charge < -0.3 is 14.0 Å². The molecule has 0 saturated carbocycles. The van der Waals surface area contributed by atoms with Crippen LogP contribution in [0.25, 0.3) is 16.3 Å². The summed E-state index contributed by atoms with van der Waals surface area (Å²) in [5.41, 5.74) is 3.19. The predicted octanol–water partition coefficient (Wildman–Crippen LogP) is 5.72. The fourth-order valence-electron chi connectivity index (χ4n) is 5.07. The number of allylic oxidation sites excluding steroid dienone is 1. The Morgan fingerprint density at radius 1 is 1.06 bits per heavy atom. The SMILES string of the molecule is CC(C)(C)OC(=O)N1CCC[C@H]1C1=NC=C(c2ccc3cc(B4OC(C)(C)C(C)(C)O4)ccc3c2)C1. The van der Waals surface area contributed by atoms with Gasteiger partial charge in [-0.1, -0.05) is 30.3 Å². The summed E-state index contributed by atoms with van der Waals surface area (Å²) in [4.78, 5) is 19.3. The van der Waals surface area contributed by atoms with Crippen LogP contribution in [-0.2, 0) is 14.0 Å². The van der Waals surface area contributed by atoms with Gasteiger partial charge in [-0.05, 0) is 94.7 Å². The van der Waals surface area contributed by atoms with Crippen LogP contribution in [0.2, 0.25) is 0 Å². The summed E-state index contributed by atoms with van der Waals surface area (Å²) in [5.74, 6) is 0. The Hall–Kier alpha value is -2.64. The molecule has 5 rings (SSSR count). The van der Waals surface area contributed by atoms with Crippen LogP contribution in [0.15, 0.2) is 47.6 Å². The van der Waals surface area contributed by atoms with Crippen molar-refractivity contribution in [3.8, 4) is 0 Å². The lowest BCUT2D eigenvalue weighted by atomic mass is 9.78. The number of ether oxygens (including phenoxy) is 1. The molecule has 7 heteroatoms. The van der Waals surface area contributed by atoms with Crippen molar-refractivity contribution in [3.63, 3.8) is 0 Å². The number of hydrogen-bond acceptors (Lipinski definition) is 5. The van der Waals surface area contributed by atoms with Crippen molar-refractivity contribution in [2.75, 3.05) is 6.54 Å². The molecule has 0 aromatic heterocycles. The number of amides is 1. The van der Waals surface area contributed by atoms with E-state index in [-0.39, 0.29) is 30.5 Å². The molecular weight excluding hydrogens is 451 g/mol. The zero-order chi connectivity index (χ0) is 25.9. The van der Waals surface area contributed by atoms with Gasteiger partial charge in [0.25, 0.3) is 0 Å². The van der Waals surface area contributed by atoms with E-state index in [1.807, 2.05) is 31.9 Å². The molecule has 3 aliphatic rings. The van der Waals surface area contributed by atoms with Crippen LogP contribution in [0, 0.1) is 0 Å². The smallest absolute Gasteiger partial charge is 0.444 e. The Kier molecular flexibility index (Phi) is 6.08. The highest BCUT2D eigenvalue weighted by Gasteiger charge is 2.51. The molecule has 1 amide bonds. The number of aliphatic imine (C=N–C) groups is 1. The maximum atomic E-state index is 12.7. The maximum absolute atomic E-state index is 12.7. The molecule has 6 nitrogen and oxygen atoms in total. The normalized spacial score (nSPS) is 23.2. The van der Waals surface area contributed by atoms with Crippen LogP contribution in [0.5, 0.6) is 0 Å². The van der Waals surface area contributed by atoms with Crippen molar-refractivity contribution < 1.29 is 18.8 Å². The van der Waals surface area contributed by atoms with Gasteiger partial charge in [0.15, 0.2) is 0 Å². The van der Waals surface area contributed by atoms with Gasteiger partial charge in [0.2, 0.25) is 0 Å². The Bertz CT molecular complexity index is 1240. The Morgan fingerprint density at radius 3 is 2.42 bits per heavy atom. The lowest BCUT2D eigenvalue weighted by Crippen LogP contribution is -2.43. The van der Waals surface area contributed by atoms with E-state index in [2.05, 4.69) is 64.1 Å². The van der Waals surface area contributed by atoms with E-state index in [4.69, 9.17) is 19.0 Å². The van der Waals surface area contributed by atoms with Gasteiger partial charge in [-0.3, -0.25) is 9.89 Å². The molecular formula is C29H37BN2O4. The minimum Gasteiger partial charge on any atom is -0.444 e. The Labute approximate surface area is 214 Å². The Balaban J connectivity index is 1.29. The van der Waals surface area contributed by atoms with Crippen molar-refractivity contribution in [2.45, 2.75) is 90.6 Å². The molecule has 0 aliphatic carbocycles. The molecule has 190 valence electrons. The van der Waals surface area contributed by atoms with Gasteiger partial charge in [-0.15, -0.1) is 0 Å². The molecule has 3 heterocycles. The standard InChI is InChI=1S/C29H37BN2O4/c1-27(2,3)34-26(33)32-14-8-9-25(32)24-17-22(18-31-24)20-10-11-21-16-23(13-12-19(21)15-20)30-35-28(4,5)29(6,7)36-30/h10-13,15-16,18,25H,8-9,14,17H2,1-7H3/t25-/m0/s1. The fourth-order valence-corrected chi connectivity index (χ4v) is 5.07. The minimum atomic E-state index is -0.501. The molecule has 0 radical (unpaired) electrons. The molecule has 2 saturated heterocycles. The summed E-state index contributed by atoms with van der Waals surface area (Å²) in [6, 6.07) is 12.9. The summed E-state index contributed by atoms with van der Waals surface area (Å²) in [6.45, 7) is 14.7. The summed E-state index contributed by atoms with van der Waals surface area (Å²) in [6.07, 6.45) is 4.37. The van der Waals surface area contributed by atoms with Crippen molar-refractivity contribution in [1.29, 1.82) is 0 Å². The van der Waals surface area contributed by atoms with E-state index >= 15 is 0 Å². The molecule has 0 bridgehead atoms. The first kappa shape index (κ1) is 25.0. The van der Waals surface area contributed by atoms with Gasteiger partial charge in [-0.25, -0.2) is 4.79 Å². The number of carbonyl (C=O) groups excluding carboxylic acids is 1. The summed E-state index contributed by atoms with van der Waals surface area (Å²) < 4.78 is 18.1. The average Bonchev–Trinajstić information content (AvgIpc) is 3.49.